The first-order valence-corrected chi connectivity index (χ1v) is 3.46. The molecular weight excluding hydrogens is 160 g/mol. The van der Waals surface area contributed by atoms with Crippen molar-refractivity contribution in [2.45, 2.75) is 24.6 Å². The van der Waals surface area contributed by atoms with E-state index in [-0.39, 0.29) is 5.88 Å². The number of aliphatic hydroxyl groups excluding tert-OH is 3. The lowest BCUT2D eigenvalue weighted by molar-refractivity contribution is -0.123. The first-order valence-electron chi connectivity index (χ1n) is 2.92. The third kappa shape index (κ3) is 1.26. The van der Waals surface area contributed by atoms with Crippen molar-refractivity contribution in [2.24, 2.45) is 0 Å². The Morgan fingerprint density at radius 2 is 1.80 bits per heavy atom. The molecule has 60 valence electrons. The molecule has 3 N–H and O–H groups in total. The minimum atomic E-state index is -1.31. The van der Waals surface area contributed by atoms with E-state index in [0.29, 0.717) is 0 Å². The Balaban J connectivity index is 2.53. The number of ether oxygens (including phenoxy) is 1. The van der Waals surface area contributed by atoms with Crippen molar-refractivity contribution in [2.75, 3.05) is 5.88 Å². The molecule has 4 nitrogen and oxygen atoms in total. The average molecular weight is 169 g/mol. The zero-order valence-electron chi connectivity index (χ0n) is 5.14. The quantitative estimate of drug-likeness (QED) is 0.424. The molecule has 0 spiro atoms. The molecule has 4 atom stereocenters. The Bertz CT molecular complexity index is 120. The van der Waals surface area contributed by atoms with Crippen LogP contribution in [0.3, 0.4) is 0 Å². The molecule has 0 aromatic heterocycles. The maximum Gasteiger partial charge on any atom is 0.184 e. The standard InChI is InChI=1S/C5H9ClO4/c6-1-2-3(7)4(8)5(9)10-2/h2-5,7-9H,1H2/t2-,3-,4-,5+/m1/s1. The summed E-state index contributed by atoms with van der Waals surface area (Å²) in [7, 11) is 0. The van der Waals surface area contributed by atoms with E-state index >= 15 is 0 Å². The second kappa shape index (κ2) is 3.02. The average Bonchev–Trinajstić information content (AvgIpc) is 2.17. The molecule has 0 saturated carbocycles. The fourth-order valence-corrected chi connectivity index (χ4v) is 1.11. The smallest absolute Gasteiger partial charge is 0.184 e. The van der Waals surface area contributed by atoms with Crippen LogP contribution in [0, 0.1) is 0 Å². The van der Waals surface area contributed by atoms with Gasteiger partial charge in [0.25, 0.3) is 0 Å². The summed E-state index contributed by atoms with van der Waals surface area (Å²) in [6.07, 6.45) is -4.28. The summed E-state index contributed by atoms with van der Waals surface area (Å²) >= 11 is 5.33. The van der Waals surface area contributed by atoms with Crippen LogP contribution in [0.2, 0.25) is 0 Å². The van der Waals surface area contributed by atoms with E-state index in [1.807, 2.05) is 0 Å². The molecular formula is C5H9ClO4. The Kier molecular flexibility index (Phi) is 2.49. The molecule has 10 heavy (non-hydrogen) atoms. The first kappa shape index (κ1) is 8.23. The van der Waals surface area contributed by atoms with E-state index in [0.717, 1.165) is 0 Å². The van der Waals surface area contributed by atoms with Crippen LogP contribution in [0.25, 0.3) is 0 Å². The van der Waals surface area contributed by atoms with Crippen molar-refractivity contribution in [3.8, 4) is 0 Å². The van der Waals surface area contributed by atoms with Gasteiger partial charge < -0.3 is 20.1 Å². The predicted molar refractivity (Wildman–Crippen MR) is 33.6 cm³/mol. The van der Waals surface area contributed by atoms with Crippen LogP contribution in [-0.4, -0.2) is 45.8 Å². The zero-order chi connectivity index (χ0) is 7.72. The molecule has 0 amide bonds. The summed E-state index contributed by atoms with van der Waals surface area (Å²) in [5.41, 5.74) is 0. The van der Waals surface area contributed by atoms with Gasteiger partial charge in [0.2, 0.25) is 0 Å². The Labute approximate surface area is 63.0 Å². The number of rotatable bonds is 1. The molecule has 0 aromatic carbocycles. The van der Waals surface area contributed by atoms with Gasteiger partial charge in [0.1, 0.15) is 18.3 Å². The molecule has 1 aliphatic rings. The number of alkyl halides is 1. The van der Waals surface area contributed by atoms with E-state index in [4.69, 9.17) is 26.9 Å². The second-order valence-electron chi connectivity index (χ2n) is 2.20. The summed E-state index contributed by atoms with van der Waals surface area (Å²) in [5.74, 6) is 0.0648. The third-order valence-electron chi connectivity index (χ3n) is 1.49. The van der Waals surface area contributed by atoms with E-state index in [1.165, 1.54) is 0 Å². The van der Waals surface area contributed by atoms with Crippen LogP contribution in [0.4, 0.5) is 0 Å². The van der Waals surface area contributed by atoms with Gasteiger partial charge in [-0.3, -0.25) is 0 Å². The van der Waals surface area contributed by atoms with E-state index in [9.17, 15) is 0 Å². The summed E-state index contributed by atoms with van der Waals surface area (Å²) in [5, 5.41) is 26.7. The van der Waals surface area contributed by atoms with Gasteiger partial charge in [-0.15, -0.1) is 11.6 Å². The topological polar surface area (TPSA) is 69.9 Å². The van der Waals surface area contributed by atoms with Gasteiger partial charge in [-0.05, 0) is 0 Å². The molecule has 0 bridgehead atoms. The normalized spacial score (nSPS) is 48.0. The molecule has 1 heterocycles. The van der Waals surface area contributed by atoms with Crippen molar-refractivity contribution in [3.05, 3.63) is 0 Å². The highest BCUT2D eigenvalue weighted by Gasteiger charge is 2.40. The predicted octanol–water partition coefficient (Wildman–Crippen LogP) is -1.34. The lowest BCUT2D eigenvalue weighted by Gasteiger charge is -2.09. The van der Waals surface area contributed by atoms with Crippen molar-refractivity contribution in [1.29, 1.82) is 0 Å². The minimum Gasteiger partial charge on any atom is -0.387 e. The highest BCUT2D eigenvalue weighted by molar-refractivity contribution is 6.18. The summed E-state index contributed by atoms with van der Waals surface area (Å²) in [4.78, 5) is 0. The van der Waals surface area contributed by atoms with Gasteiger partial charge in [0.15, 0.2) is 6.29 Å². The Morgan fingerprint density at radius 3 is 2.00 bits per heavy atom. The van der Waals surface area contributed by atoms with E-state index in [2.05, 4.69) is 4.74 Å². The molecule has 0 aromatic rings. The van der Waals surface area contributed by atoms with Crippen LogP contribution in [0.15, 0.2) is 0 Å². The molecule has 0 aliphatic carbocycles. The van der Waals surface area contributed by atoms with Crippen molar-refractivity contribution < 1.29 is 20.1 Å². The summed E-state index contributed by atoms with van der Waals surface area (Å²) in [6.45, 7) is 0. The van der Waals surface area contributed by atoms with E-state index < -0.39 is 24.6 Å². The fourth-order valence-electron chi connectivity index (χ4n) is 0.856. The largest absolute Gasteiger partial charge is 0.387 e. The lowest BCUT2D eigenvalue weighted by Crippen LogP contribution is -2.32. The van der Waals surface area contributed by atoms with Crippen LogP contribution in [0.1, 0.15) is 0 Å². The summed E-state index contributed by atoms with van der Waals surface area (Å²) in [6, 6.07) is 0. The summed E-state index contributed by atoms with van der Waals surface area (Å²) < 4.78 is 4.66. The lowest BCUT2D eigenvalue weighted by atomic mass is 10.2. The Morgan fingerprint density at radius 1 is 1.20 bits per heavy atom. The van der Waals surface area contributed by atoms with Gasteiger partial charge in [-0.2, -0.15) is 0 Å². The van der Waals surface area contributed by atoms with Crippen LogP contribution in [-0.2, 0) is 4.74 Å². The number of hydrogen-bond donors (Lipinski definition) is 3. The Hall–Kier alpha value is 0.130. The van der Waals surface area contributed by atoms with Crippen molar-refractivity contribution in [3.63, 3.8) is 0 Å². The van der Waals surface area contributed by atoms with Gasteiger partial charge in [0.05, 0.1) is 5.88 Å². The third-order valence-corrected chi connectivity index (χ3v) is 1.79. The highest BCUT2D eigenvalue weighted by Crippen LogP contribution is 2.19. The van der Waals surface area contributed by atoms with Crippen molar-refractivity contribution >= 4 is 11.6 Å². The molecule has 5 heteroatoms. The molecule has 1 aliphatic heterocycles. The van der Waals surface area contributed by atoms with E-state index in [1.54, 1.807) is 0 Å². The van der Waals surface area contributed by atoms with Crippen LogP contribution in [0.5, 0.6) is 0 Å². The van der Waals surface area contributed by atoms with Gasteiger partial charge in [-0.25, -0.2) is 0 Å². The first-order chi connectivity index (χ1) is 4.66. The number of halogens is 1. The molecule has 1 fully saturated rings. The molecule has 1 rings (SSSR count). The SMILES string of the molecule is O[C@@H]1[C@H](O)[C@@H](CCl)O[C@@H]1O. The van der Waals surface area contributed by atoms with Crippen molar-refractivity contribution in [1.82, 2.24) is 0 Å². The van der Waals surface area contributed by atoms with Crippen LogP contribution < -0.4 is 0 Å². The highest BCUT2D eigenvalue weighted by atomic mass is 35.5. The monoisotopic (exact) mass is 168 g/mol. The molecule has 1 saturated heterocycles. The molecule has 0 unspecified atom stereocenters. The number of aliphatic hydroxyl groups is 3. The number of hydrogen-bond acceptors (Lipinski definition) is 4. The maximum absolute atomic E-state index is 9.01. The minimum absolute atomic E-state index is 0.0648. The second-order valence-corrected chi connectivity index (χ2v) is 2.51. The fraction of sp³-hybridized carbons (Fsp3) is 1.00. The maximum atomic E-state index is 9.01. The van der Waals surface area contributed by atoms with Gasteiger partial charge in [-0.1, -0.05) is 0 Å². The van der Waals surface area contributed by atoms with Gasteiger partial charge >= 0.3 is 0 Å². The molecule has 0 radical (unpaired) electrons. The van der Waals surface area contributed by atoms with Gasteiger partial charge in [0, 0.05) is 0 Å². The zero-order valence-corrected chi connectivity index (χ0v) is 5.90. The van der Waals surface area contributed by atoms with Crippen LogP contribution >= 0.6 is 11.6 Å².